The molecule has 0 spiro atoms. The number of hydrogen-bond acceptors (Lipinski definition) is 5. The molecule has 63 heavy (non-hydrogen) atoms. The first-order valence-corrected chi connectivity index (χ1v) is 21.4. The molecule has 0 aliphatic carbocycles. The maximum Gasteiger partial charge on any atom is 0.164 e. The van der Waals surface area contributed by atoms with E-state index in [0.717, 1.165) is 75.5 Å². The second-order valence-electron chi connectivity index (χ2n) is 15.4. The number of benzene rings is 9. The van der Waals surface area contributed by atoms with Gasteiger partial charge in [0.15, 0.2) is 17.5 Å². The minimum absolute atomic E-state index is 0.0244. The quantitative estimate of drug-likeness (QED) is 0.168. The number of aromatic nitrogens is 4. The molecule has 4 heterocycles. The van der Waals surface area contributed by atoms with Crippen LogP contribution in [0, 0.1) is 0 Å². The van der Waals surface area contributed by atoms with Gasteiger partial charge in [-0.25, -0.2) is 15.0 Å². The summed E-state index contributed by atoms with van der Waals surface area (Å²) in [5, 5.41) is 4.49. The van der Waals surface area contributed by atoms with Gasteiger partial charge in [0, 0.05) is 69.5 Å². The van der Waals surface area contributed by atoms with Gasteiger partial charge in [0.05, 0.1) is 24.9 Å². The summed E-state index contributed by atoms with van der Waals surface area (Å²) in [6.07, 6.45) is 0. The molecule has 0 amide bonds. The highest BCUT2D eigenvalue weighted by Crippen LogP contribution is 2.45. The summed E-state index contributed by atoms with van der Waals surface area (Å²) < 4.78 is 64.5. The number of furan rings is 1. The molecular formula is C57H34N4OS. The average molecular weight is 829 g/mol. The van der Waals surface area contributed by atoms with Gasteiger partial charge in [-0.1, -0.05) is 170 Å². The number of hydrogen-bond donors (Lipinski definition) is 0. The van der Waals surface area contributed by atoms with Crippen LogP contribution in [-0.2, 0) is 0 Å². The number of rotatable bonds is 6. The van der Waals surface area contributed by atoms with Crippen LogP contribution >= 0.6 is 11.3 Å². The van der Waals surface area contributed by atoms with E-state index in [-0.39, 0.29) is 58.1 Å². The third-order valence-electron chi connectivity index (χ3n) is 11.8. The van der Waals surface area contributed by atoms with Crippen molar-refractivity contribution in [2.45, 2.75) is 0 Å². The molecule has 0 unspecified atom stereocenters. The summed E-state index contributed by atoms with van der Waals surface area (Å²) in [4.78, 5) is 14.9. The minimum atomic E-state index is -0.166. The summed E-state index contributed by atoms with van der Waals surface area (Å²) in [5.41, 5.74) is 8.66. The lowest BCUT2D eigenvalue weighted by molar-refractivity contribution is 0.670. The van der Waals surface area contributed by atoms with Gasteiger partial charge < -0.3 is 8.98 Å². The lowest BCUT2D eigenvalue weighted by Crippen LogP contribution is -1.99. The molecule has 4 aromatic heterocycles. The van der Waals surface area contributed by atoms with E-state index in [4.69, 9.17) is 24.9 Å². The van der Waals surface area contributed by atoms with Gasteiger partial charge in [-0.15, -0.1) is 11.3 Å². The lowest BCUT2D eigenvalue weighted by Gasteiger charge is -2.16. The summed E-state index contributed by atoms with van der Waals surface area (Å²) >= 11 is 1.69. The minimum Gasteiger partial charge on any atom is -0.455 e. The SMILES string of the molecule is [2H]c1cc([2H])c2c(c1[2H])c1c([2H])c([2H])cc([2H])c1n2-c1ccc(-c2cccc3c2sc2cc(-c4nc(-c5ccccc5)nc(-c5ccccc5)n4)ccc23)cc1-c1cccc2c1oc1ccccc12. The van der Waals surface area contributed by atoms with E-state index in [0.29, 0.717) is 28.7 Å². The maximum atomic E-state index is 9.27. The third kappa shape index (κ3) is 5.73. The largest absolute Gasteiger partial charge is 0.455 e. The van der Waals surface area contributed by atoms with E-state index in [9.17, 15) is 2.74 Å². The van der Waals surface area contributed by atoms with Crippen LogP contribution in [0.25, 0.3) is 126 Å². The second-order valence-corrected chi connectivity index (χ2v) is 16.5. The molecule has 0 fully saturated rings. The summed E-state index contributed by atoms with van der Waals surface area (Å²) in [5.74, 6) is 1.77. The van der Waals surface area contributed by atoms with Crippen LogP contribution in [0.15, 0.2) is 211 Å². The van der Waals surface area contributed by atoms with Crippen molar-refractivity contribution >= 4 is 75.3 Å². The van der Waals surface area contributed by atoms with Crippen molar-refractivity contribution in [3.8, 4) is 62.1 Å². The predicted molar refractivity (Wildman–Crippen MR) is 262 cm³/mol. The Bertz CT molecular complexity index is 4150. The first kappa shape index (κ1) is 29.9. The van der Waals surface area contributed by atoms with Gasteiger partial charge >= 0.3 is 0 Å². The summed E-state index contributed by atoms with van der Waals surface area (Å²) in [6.45, 7) is 0. The topological polar surface area (TPSA) is 56.7 Å². The Kier molecular flexibility index (Phi) is 6.75. The van der Waals surface area contributed by atoms with Crippen molar-refractivity contribution in [3.05, 3.63) is 206 Å². The molecule has 0 bridgehead atoms. The van der Waals surface area contributed by atoms with Crippen LogP contribution in [0.1, 0.15) is 8.22 Å². The fraction of sp³-hybridized carbons (Fsp3) is 0. The Morgan fingerprint density at radius 2 is 1.03 bits per heavy atom. The Morgan fingerprint density at radius 1 is 0.429 bits per heavy atom. The zero-order valence-electron chi connectivity index (χ0n) is 39.3. The Labute approximate surface area is 374 Å². The van der Waals surface area contributed by atoms with E-state index in [1.54, 1.807) is 15.9 Å². The van der Waals surface area contributed by atoms with E-state index in [1.165, 1.54) is 12.1 Å². The molecule has 0 aliphatic heterocycles. The number of thiophene rings is 1. The van der Waals surface area contributed by atoms with Crippen LogP contribution < -0.4 is 0 Å². The third-order valence-corrected chi connectivity index (χ3v) is 13.0. The van der Waals surface area contributed by atoms with Gasteiger partial charge in [-0.2, -0.15) is 0 Å². The van der Waals surface area contributed by atoms with Crippen LogP contribution in [-0.4, -0.2) is 19.5 Å². The molecule has 5 nitrogen and oxygen atoms in total. The molecule has 13 rings (SSSR count). The average Bonchev–Trinajstić information content (AvgIpc) is 4.08. The van der Waals surface area contributed by atoms with Crippen LogP contribution in [0.5, 0.6) is 0 Å². The maximum absolute atomic E-state index is 9.27. The highest BCUT2D eigenvalue weighted by molar-refractivity contribution is 7.26. The molecule has 0 atom stereocenters. The van der Waals surface area contributed by atoms with Gasteiger partial charge in [-0.3, -0.25) is 0 Å². The Balaban J connectivity index is 1.04. The first-order valence-electron chi connectivity index (χ1n) is 23.6. The van der Waals surface area contributed by atoms with Gasteiger partial charge in [0.1, 0.15) is 11.2 Å². The van der Waals surface area contributed by atoms with Gasteiger partial charge in [0.2, 0.25) is 0 Å². The summed E-state index contributed by atoms with van der Waals surface area (Å²) in [6, 6.07) is 54.7. The number of nitrogens with zero attached hydrogens (tertiary/aromatic N) is 4. The molecule has 0 radical (unpaired) electrons. The standard InChI is InChI=1S/C57H34N4OS/c1-3-15-35(16-4-1)55-58-56(36-17-5-2-6-18-36)60-57(59-55)38-29-31-43-46-25-13-22-39(54(46)63-52(43)34-38)37-30-32-50(61-48-26-10-7-19-40(48)41-20-8-11-27-49(41)61)47(33-37)45-24-14-23-44-42-21-9-12-28-51(42)62-53(44)45/h1-34H/i7D,8D,19D,20D,26D,27D. The van der Waals surface area contributed by atoms with E-state index in [2.05, 4.69) is 42.5 Å². The zero-order chi connectivity index (χ0) is 46.7. The monoisotopic (exact) mass is 828 g/mol. The van der Waals surface area contributed by atoms with Crippen molar-refractivity contribution in [1.82, 2.24) is 19.5 Å². The van der Waals surface area contributed by atoms with Gasteiger partial charge in [0.25, 0.3) is 0 Å². The highest BCUT2D eigenvalue weighted by atomic mass is 32.1. The lowest BCUT2D eigenvalue weighted by atomic mass is 9.95. The Hall–Kier alpha value is -8.19. The molecule has 0 aliphatic rings. The Morgan fingerprint density at radius 3 is 1.75 bits per heavy atom. The van der Waals surface area contributed by atoms with E-state index >= 15 is 0 Å². The number of fused-ring (bicyclic) bond motifs is 9. The molecule has 0 saturated carbocycles. The molecule has 0 N–H and O–H groups in total. The molecule has 0 saturated heterocycles. The normalized spacial score (nSPS) is 13.1. The fourth-order valence-corrected chi connectivity index (χ4v) is 10.2. The van der Waals surface area contributed by atoms with Gasteiger partial charge in [-0.05, 0) is 47.5 Å². The van der Waals surface area contributed by atoms with E-state index in [1.807, 2.05) is 115 Å². The molecular weight excluding hydrogens is 789 g/mol. The highest BCUT2D eigenvalue weighted by Gasteiger charge is 2.21. The molecule has 6 heteroatoms. The fourth-order valence-electron chi connectivity index (χ4n) is 8.93. The van der Waals surface area contributed by atoms with Crippen molar-refractivity contribution in [1.29, 1.82) is 0 Å². The molecule has 9 aromatic carbocycles. The van der Waals surface area contributed by atoms with Crippen LogP contribution in [0.2, 0.25) is 0 Å². The molecule has 294 valence electrons. The van der Waals surface area contributed by atoms with Crippen LogP contribution in [0.3, 0.4) is 0 Å². The van der Waals surface area contributed by atoms with Crippen molar-refractivity contribution in [2.24, 2.45) is 0 Å². The van der Waals surface area contributed by atoms with Crippen LogP contribution in [0.4, 0.5) is 0 Å². The first-order chi connectivity index (χ1) is 33.7. The van der Waals surface area contributed by atoms with Crippen molar-refractivity contribution in [3.63, 3.8) is 0 Å². The summed E-state index contributed by atoms with van der Waals surface area (Å²) in [7, 11) is 0. The van der Waals surface area contributed by atoms with E-state index < -0.39 is 0 Å². The number of para-hydroxylation sites is 4. The predicted octanol–water partition coefficient (Wildman–Crippen LogP) is 15.6. The zero-order valence-corrected chi connectivity index (χ0v) is 34.1. The molecule has 13 aromatic rings. The van der Waals surface area contributed by atoms with Crippen molar-refractivity contribution < 1.29 is 12.6 Å². The smallest absolute Gasteiger partial charge is 0.164 e. The second kappa shape index (κ2) is 14.2. The van der Waals surface area contributed by atoms with Crippen molar-refractivity contribution in [2.75, 3.05) is 0 Å².